The number of ether oxygens (including phenoxy) is 3. The molecule has 3 N–H and O–H groups in total. The van der Waals surface area contributed by atoms with Crippen molar-refractivity contribution in [2.75, 3.05) is 62.2 Å². The maximum absolute atomic E-state index is 12.1. The zero-order valence-corrected chi connectivity index (χ0v) is 31.5. The van der Waals surface area contributed by atoms with Gasteiger partial charge in [0.05, 0.1) is 17.7 Å². The van der Waals surface area contributed by atoms with Crippen LogP contribution in [0.25, 0.3) is 0 Å². The minimum atomic E-state index is -1.06. The van der Waals surface area contributed by atoms with Crippen molar-refractivity contribution in [1.82, 2.24) is 9.80 Å². The van der Waals surface area contributed by atoms with Crippen LogP contribution in [0.3, 0.4) is 0 Å². The monoisotopic (exact) mass is 694 g/mol. The molecular weight excluding hydrogens is 647 g/mol. The molecule has 5 rings (SSSR count). The number of carboxylic acids is 1. The van der Waals surface area contributed by atoms with Crippen LogP contribution in [-0.2, 0) is 27.4 Å². The van der Waals surface area contributed by atoms with Gasteiger partial charge in [-0.3, -0.25) is 0 Å². The van der Waals surface area contributed by atoms with E-state index in [0.29, 0.717) is 57.0 Å². The van der Waals surface area contributed by atoms with Gasteiger partial charge in [-0.05, 0) is 83.5 Å². The van der Waals surface area contributed by atoms with Crippen molar-refractivity contribution in [3.8, 4) is 0 Å². The van der Waals surface area contributed by atoms with Gasteiger partial charge < -0.3 is 49.5 Å². The normalized spacial score (nSPS) is 15.9. The van der Waals surface area contributed by atoms with Gasteiger partial charge in [0.15, 0.2) is 0 Å². The number of carbonyl (C=O) groups is 4. The van der Waals surface area contributed by atoms with Crippen LogP contribution in [0.1, 0.15) is 73.4 Å². The maximum Gasteiger partial charge on any atom is 1.00 e. The largest absolute Gasteiger partial charge is 1.00 e. The standard InChI is InChI=1S/C17H24N2O5.C17H22N2O4.Na.H2O/c1-17(2,3)24-16(23)19-8-6-18(7-9-19)13-4-5-14(15(21)22)12(10-13)11-20;1-17(2,3)23-16(21)19-8-6-18(7-9-19)13-4-5-14-12(10-13)11-22-15(14)20;;/h4-5,10,20H,6-9,11H2,1-3H3,(H,21,22);4-5,10H,6-9,11H2,1-3H3;;1H2/q;;+1;/p-1. The van der Waals surface area contributed by atoms with Crippen molar-refractivity contribution >= 4 is 35.5 Å². The molecule has 2 saturated heterocycles. The average molecular weight is 695 g/mol. The minimum Gasteiger partial charge on any atom is -0.870 e. The summed E-state index contributed by atoms with van der Waals surface area (Å²) in [5, 5.41) is 18.5. The van der Waals surface area contributed by atoms with Crippen molar-refractivity contribution in [1.29, 1.82) is 0 Å². The van der Waals surface area contributed by atoms with Gasteiger partial charge in [0.2, 0.25) is 0 Å². The fraction of sp³-hybridized carbons (Fsp3) is 0.529. The summed E-state index contributed by atoms with van der Waals surface area (Å²) in [5.41, 5.74) is 2.99. The molecule has 49 heavy (non-hydrogen) atoms. The van der Waals surface area contributed by atoms with Gasteiger partial charge in [-0.15, -0.1) is 0 Å². The predicted molar refractivity (Wildman–Crippen MR) is 177 cm³/mol. The average Bonchev–Trinajstić information content (AvgIpc) is 3.39. The van der Waals surface area contributed by atoms with Crippen molar-refractivity contribution in [3.05, 3.63) is 58.7 Å². The number of rotatable bonds is 4. The molecule has 3 heterocycles. The van der Waals surface area contributed by atoms with Crippen LogP contribution in [0.5, 0.6) is 0 Å². The molecule has 2 amide bonds. The first-order chi connectivity index (χ1) is 22.0. The van der Waals surface area contributed by atoms with Gasteiger partial charge >= 0.3 is 53.7 Å². The Kier molecular flexibility index (Phi) is 14.8. The summed E-state index contributed by atoms with van der Waals surface area (Å²) < 4.78 is 15.8. The number of amides is 2. The van der Waals surface area contributed by atoms with Gasteiger partial charge in [0.1, 0.15) is 17.8 Å². The first-order valence-electron chi connectivity index (χ1n) is 15.8. The molecule has 0 bridgehead atoms. The van der Waals surface area contributed by atoms with Crippen molar-refractivity contribution in [2.24, 2.45) is 0 Å². The van der Waals surface area contributed by atoms with Crippen LogP contribution in [-0.4, -0.2) is 113 Å². The molecule has 15 heteroatoms. The molecule has 0 aliphatic carbocycles. The molecule has 0 spiro atoms. The molecule has 0 atom stereocenters. The third-order valence-electron chi connectivity index (χ3n) is 7.75. The third kappa shape index (κ3) is 11.5. The van der Waals surface area contributed by atoms with Crippen LogP contribution < -0.4 is 39.4 Å². The van der Waals surface area contributed by atoms with Gasteiger partial charge in [-0.25, -0.2) is 19.2 Å². The summed E-state index contributed by atoms with van der Waals surface area (Å²) in [6, 6.07) is 10.7. The molecule has 0 unspecified atom stereocenters. The summed E-state index contributed by atoms with van der Waals surface area (Å²) in [7, 11) is 0. The second-order valence-electron chi connectivity index (χ2n) is 13.6. The molecule has 2 aromatic rings. The van der Waals surface area contributed by atoms with Crippen LogP contribution in [0.4, 0.5) is 21.0 Å². The molecule has 3 aliphatic rings. The number of fused-ring (bicyclic) bond motifs is 1. The Labute approximate surface area is 309 Å². The Morgan fingerprint density at radius 3 is 1.63 bits per heavy atom. The Bertz CT molecular complexity index is 1470. The van der Waals surface area contributed by atoms with E-state index in [1.54, 1.807) is 21.9 Å². The van der Waals surface area contributed by atoms with Crippen molar-refractivity contribution in [2.45, 2.75) is 66.0 Å². The third-order valence-corrected chi connectivity index (χ3v) is 7.75. The van der Waals surface area contributed by atoms with E-state index >= 15 is 0 Å². The molecule has 264 valence electrons. The fourth-order valence-electron chi connectivity index (χ4n) is 5.38. The number of carboxylic acid groups (broad SMARTS) is 1. The topological polar surface area (TPSA) is 179 Å². The second kappa shape index (κ2) is 17.4. The number of hydrogen-bond donors (Lipinski definition) is 2. The van der Waals surface area contributed by atoms with Gasteiger partial charge in [0.25, 0.3) is 0 Å². The number of aliphatic hydroxyl groups is 1. The quantitative estimate of drug-likeness (QED) is 0.266. The SMILES string of the molecule is CC(C)(C)OC(=O)N1CCN(c2ccc(C(=O)O)c(CO)c2)CC1.CC(C)(C)OC(=O)N1CCN(c2ccc3c(c2)COC3=O)CC1.[Na+].[OH-]. The Morgan fingerprint density at radius 2 is 1.20 bits per heavy atom. The van der Waals surface area contributed by atoms with Gasteiger partial charge in [0, 0.05) is 69.3 Å². The molecule has 0 aromatic heterocycles. The van der Waals surface area contributed by atoms with E-state index in [-0.39, 0.29) is 65.4 Å². The number of carbonyl (C=O) groups excluding carboxylic acids is 3. The summed E-state index contributed by atoms with van der Waals surface area (Å²) in [5.74, 6) is -1.30. The zero-order valence-electron chi connectivity index (χ0n) is 29.5. The molecule has 0 saturated carbocycles. The molecule has 0 radical (unpaired) electrons. The Morgan fingerprint density at radius 1 is 0.755 bits per heavy atom. The zero-order chi connectivity index (χ0) is 34.5. The molecular formula is C34H47N4NaO10. The Hall–Kier alpha value is -3.56. The summed E-state index contributed by atoms with van der Waals surface area (Å²) in [6.45, 7) is 16.2. The van der Waals surface area contributed by atoms with Crippen LogP contribution >= 0.6 is 0 Å². The van der Waals surface area contributed by atoms with E-state index in [4.69, 9.17) is 19.3 Å². The minimum absolute atomic E-state index is 0. The first kappa shape index (κ1) is 41.6. The van der Waals surface area contributed by atoms with E-state index in [2.05, 4.69) is 9.80 Å². The number of hydrogen-bond acceptors (Lipinski definition) is 11. The number of anilines is 2. The van der Waals surface area contributed by atoms with E-state index in [1.165, 1.54) is 6.07 Å². The van der Waals surface area contributed by atoms with Gasteiger partial charge in [-0.2, -0.15) is 0 Å². The van der Waals surface area contributed by atoms with Gasteiger partial charge in [-0.1, -0.05) is 0 Å². The van der Waals surface area contributed by atoms with E-state index in [9.17, 15) is 24.3 Å². The van der Waals surface area contributed by atoms with E-state index in [1.807, 2.05) is 59.7 Å². The number of cyclic esters (lactones) is 1. The number of esters is 1. The Balaban J connectivity index is 0.000000327. The summed E-state index contributed by atoms with van der Waals surface area (Å²) in [4.78, 5) is 54.4. The molecule has 14 nitrogen and oxygen atoms in total. The van der Waals surface area contributed by atoms with Crippen LogP contribution in [0.2, 0.25) is 0 Å². The summed E-state index contributed by atoms with van der Waals surface area (Å²) in [6.07, 6.45) is -0.579. The second-order valence-corrected chi connectivity index (χ2v) is 13.6. The van der Waals surface area contributed by atoms with Crippen molar-refractivity contribution < 1.29 is 78.6 Å². The summed E-state index contributed by atoms with van der Waals surface area (Å²) >= 11 is 0. The van der Waals surface area contributed by atoms with Crippen LogP contribution in [0.15, 0.2) is 36.4 Å². The fourth-order valence-corrected chi connectivity index (χ4v) is 5.38. The first-order valence-corrected chi connectivity index (χ1v) is 15.8. The smallest absolute Gasteiger partial charge is 0.870 e. The predicted octanol–water partition coefficient (Wildman–Crippen LogP) is 1.18. The molecule has 3 aliphatic heterocycles. The maximum atomic E-state index is 12.1. The van der Waals surface area contributed by atoms with Crippen molar-refractivity contribution in [3.63, 3.8) is 0 Å². The number of benzene rings is 2. The number of aromatic carboxylic acids is 1. The van der Waals surface area contributed by atoms with E-state index in [0.717, 1.165) is 30.0 Å². The molecule has 2 aromatic carbocycles. The van der Waals surface area contributed by atoms with Crippen LogP contribution in [0, 0.1) is 0 Å². The van der Waals surface area contributed by atoms with E-state index < -0.39 is 17.2 Å². The molecule has 2 fully saturated rings. The number of aliphatic hydroxyl groups excluding tert-OH is 1. The number of nitrogens with zero attached hydrogens (tertiary/aromatic N) is 4. The number of piperazine rings is 2.